The van der Waals surface area contributed by atoms with Gasteiger partial charge in [0.1, 0.15) is 0 Å². The molecule has 0 aromatic rings. The molecule has 0 aromatic carbocycles. The average Bonchev–Trinajstić information content (AvgIpc) is 3.30. The molecule has 3 fully saturated rings. The number of nitrogens with zero attached hydrogens (tertiary/aromatic N) is 2. The predicted molar refractivity (Wildman–Crippen MR) is 76.0 cm³/mol. The second-order valence-corrected chi connectivity index (χ2v) is 6.43. The summed E-state index contributed by atoms with van der Waals surface area (Å²) in [5.41, 5.74) is 0. The maximum atomic E-state index is 12.2. The first-order chi connectivity index (χ1) is 9.25. The molecule has 108 valence electrons. The summed E-state index contributed by atoms with van der Waals surface area (Å²) in [5, 5.41) is 3.30. The Bertz CT molecular complexity index is 319. The van der Waals surface area contributed by atoms with Gasteiger partial charge in [-0.2, -0.15) is 0 Å². The van der Waals surface area contributed by atoms with Gasteiger partial charge in [-0.25, -0.2) is 0 Å². The fourth-order valence-electron chi connectivity index (χ4n) is 3.27. The monoisotopic (exact) mass is 265 g/mol. The van der Waals surface area contributed by atoms with Gasteiger partial charge < -0.3 is 10.2 Å². The van der Waals surface area contributed by atoms with E-state index in [4.69, 9.17) is 0 Å². The van der Waals surface area contributed by atoms with Gasteiger partial charge in [0.05, 0.1) is 0 Å². The van der Waals surface area contributed by atoms with Crippen LogP contribution in [0.3, 0.4) is 0 Å². The Labute approximate surface area is 116 Å². The van der Waals surface area contributed by atoms with E-state index in [1.54, 1.807) is 0 Å². The maximum Gasteiger partial charge on any atom is 0.223 e. The highest BCUT2D eigenvalue weighted by Gasteiger charge is 2.39. The number of rotatable bonds is 6. The van der Waals surface area contributed by atoms with Gasteiger partial charge in [0.25, 0.3) is 0 Å². The van der Waals surface area contributed by atoms with Crippen LogP contribution in [0, 0.1) is 5.92 Å². The van der Waals surface area contributed by atoms with Gasteiger partial charge in [0.15, 0.2) is 0 Å². The van der Waals surface area contributed by atoms with Crippen molar-refractivity contribution < 1.29 is 4.79 Å². The Balaban J connectivity index is 1.47. The number of carbonyl (C=O) groups excluding carboxylic acids is 1. The molecule has 1 atom stereocenters. The number of nitrogens with one attached hydrogen (secondary N) is 1. The van der Waals surface area contributed by atoms with Gasteiger partial charge in [-0.3, -0.25) is 9.69 Å². The summed E-state index contributed by atoms with van der Waals surface area (Å²) in [6, 6.07) is 1.48. The van der Waals surface area contributed by atoms with Gasteiger partial charge >= 0.3 is 0 Å². The zero-order chi connectivity index (χ0) is 13.2. The smallest absolute Gasteiger partial charge is 0.223 e. The fraction of sp³-hybridized carbons (Fsp3) is 0.933. The minimum atomic E-state index is 0.357. The van der Waals surface area contributed by atoms with Crippen molar-refractivity contribution >= 4 is 5.91 Å². The minimum absolute atomic E-state index is 0.357. The van der Waals surface area contributed by atoms with Gasteiger partial charge in [-0.15, -0.1) is 0 Å². The number of carbonyl (C=O) groups is 1. The van der Waals surface area contributed by atoms with Gasteiger partial charge in [-0.1, -0.05) is 0 Å². The Morgan fingerprint density at radius 3 is 2.53 bits per heavy atom. The third kappa shape index (κ3) is 3.48. The van der Waals surface area contributed by atoms with Crippen molar-refractivity contribution in [3.05, 3.63) is 0 Å². The molecular weight excluding hydrogens is 238 g/mol. The molecule has 2 aliphatic carbocycles. The first kappa shape index (κ1) is 13.4. The van der Waals surface area contributed by atoms with E-state index >= 15 is 0 Å². The number of piperazine rings is 1. The van der Waals surface area contributed by atoms with E-state index < -0.39 is 0 Å². The third-order valence-electron chi connectivity index (χ3n) is 4.90. The van der Waals surface area contributed by atoms with Crippen LogP contribution in [0.4, 0.5) is 0 Å². The molecule has 1 heterocycles. The zero-order valence-electron chi connectivity index (χ0n) is 12.1. The summed E-state index contributed by atoms with van der Waals surface area (Å²) in [4.78, 5) is 16.9. The molecule has 19 heavy (non-hydrogen) atoms. The fourth-order valence-corrected chi connectivity index (χ4v) is 3.27. The van der Waals surface area contributed by atoms with Crippen LogP contribution >= 0.6 is 0 Å². The first-order valence-corrected chi connectivity index (χ1v) is 8.00. The van der Waals surface area contributed by atoms with E-state index in [1.165, 1.54) is 25.7 Å². The Morgan fingerprint density at radius 1 is 1.26 bits per heavy atom. The molecule has 0 bridgehead atoms. The summed E-state index contributed by atoms with van der Waals surface area (Å²) in [7, 11) is 0. The largest absolute Gasteiger partial charge is 0.340 e. The van der Waals surface area contributed by atoms with Crippen molar-refractivity contribution in [1.82, 2.24) is 15.1 Å². The molecule has 2 saturated carbocycles. The summed E-state index contributed by atoms with van der Waals surface area (Å²) >= 11 is 0. The molecule has 0 radical (unpaired) electrons. The Morgan fingerprint density at radius 2 is 1.95 bits per heavy atom. The molecule has 4 nitrogen and oxygen atoms in total. The van der Waals surface area contributed by atoms with Crippen LogP contribution in [0.25, 0.3) is 0 Å². The lowest BCUT2D eigenvalue weighted by Crippen LogP contribution is -2.47. The van der Waals surface area contributed by atoms with Crippen LogP contribution in [0.2, 0.25) is 0 Å². The second-order valence-electron chi connectivity index (χ2n) is 6.43. The van der Waals surface area contributed by atoms with E-state index in [0.717, 1.165) is 44.7 Å². The predicted octanol–water partition coefficient (Wildman–Crippen LogP) is 1.07. The zero-order valence-corrected chi connectivity index (χ0v) is 12.1. The molecule has 0 aromatic heterocycles. The first-order valence-electron chi connectivity index (χ1n) is 8.00. The van der Waals surface area contributed by atoms with E-state index in [0.29, 0.717) is 18.4 Å². The lowest BCUT2D eigenvalue weighted by Gasteiger charge is -2.31. The average molecular weight is 265 g/mol. The van der Waals surface area contributed by atoms with Crippen LogP contribution in [-0.4, -0.2) is 60.5 Å². The Hall–Kier alpha value is -0.610. The van der Waals surface area contributed by atoms with E-state index in [1.807, 2.05) is 4.90 Å². The van der Waals surface area contributed by atoms with Crippen molar-refractivity contribution in [3.8, 4) is 0 Å². The minimum Gasteiger partial charge on any atom is -0.340 e. The van der Waals surface area contributed by atoms with Crippen molar-refractivity contribution in [2.45, 2.75) is 51.1 Å². The summed E-state index contributed by atoms with van der Waals surface area (Å²) in [6.45, 7) is 7.03. The van der Waals surface area contributed by atoms with Crippen LogP contribution in [-0.2, 0) is 4.79 Å². The van der Waals surface area contributed by atoms with Crippen LogP contribution in [0.5, 0.6) is 0 Å². The molecule has 4 heteroatoms. The standard InChI is InChI=1S/C15H27N3O/c1-12(13-2-3-13)18(14-4-5-14)9-6-15(19)17-10-7-16-8-11-17/h12-14,16H,2-11H2,1H3. The highest BCUT2D eigenvalue weighted by atomic mass is 16.2. The van der Waals surface area contributed by atoms with E-state index in [9.17, 15) is 4.79 Å². The lowest BCUT2D eigenvalue weighted by molar-refractivity contribution is -0.132. The normalized spacial score (nSPS) is 25.7. The molecule has 1 aliphatic heterocycles. The molecule has 3 rings (SSSR count). The lowest BCUT2D eigenvalue weighted by atomic mass is 10.1. The number of hydrogen-bond acceptors (Lipinski definition) is 3. The Kier molecular flexibility index (Phi) is 4.08. The summed E-state index contributed by atoms with van der Waals surface area (Å²) < 4.78 is 0. The van der Waals surface area contributed by atoms with Crippen molar-refractivity contribution in [3.63, 3.8) is 0 Å². The van der Waals surface area contributed by atoms with Crippen molar-refractivity contribution in [1.29, 1.82) is 0 Å². The highest BCUT2D eigenvalue weighted by Crippen LogP contribution is 2.39. The molecule has 1 unspecified atom stereocenters. The molecule has 0 spiro atoms. The third-order valence-corrected chi connectivity index (χ3v) is 4.90. The van der Waals surface area contributed by atoms with Gasteiger partial charge in [0.2, 0.25) is 5.91 Å². The maximum absolute atomic E-state index is 12.2. The summed E-state index contributed by atoms with van der Waals surface area (Å²) in [6.07, 6.45) is 6.21. The molecule has 1 saturated heterocycles. The molecule has 1 N–H and O–H groups in total. The van der Waals surface area contributed by atoms with Gasteiger partial charge in [-0.05, 0) is 38.5 Å². The van der Waals surface area contributed by atoms with Crippen LogP contribution in [0.1, 0.15) is 39.0 Å². The molecule has 3 aliphatic rings. The quantitative estimate of drug-likeness (QED) is 0.780. The number of amides is 1. The van der Waals surface area contributed by atoms with E-state index in [2.05, 4.69) is 17.1 Å². The summed E-state index contributed by atoms with van der Waals surface area (Å²) in [5.74, 6) is 1.27. The topological polar surface area (TPSA) is 35.6 Å². The number of hydrogen-bond donors (Lipinski definition) is 1. The highest BCUT2D eigenvalue weighted by molar-refractivity contribution is 5.76. The van der Waals surface area contributed by atoms with Crippen LogP contribution < -0.4 is 5.32 Å². The molecule has 1 amide bonds. The molecular formula is C15H27N3O. The van der Waals surface area contributed by atoms with Crippen LogP contribution in [0.15, 0.2) is 0 Å². The van der Waals surface area contributed by atoms with Crippen molar-refractivity contribution in [2.75, 3.05) is 32.7 Å². The van der Waals surface area contributed by atoms with E-state index in [-0.39, 0.29) is 0 Å². The van der Waals surface area contributed by atoms with Gasteiger partial charge in [0, 0.05) is 51.2 Å². The van der Waals surface area contributed by atoms with Crippen molar-refractivity contribution in [2.24, 2.45) is 5.92 Å². The SMILES string of the molecule is CC(C1CC1)N(CCC(=O)N1CCNCC1)C1CC1. The second kappa shape index (κ2) is 5.80.